The van der Waals surface area contributed by atoms with Gasteiger partial charge in [0.25, 0.3) is 0 Å². The summed E-state index contributed by atoms with van der Waals surface area (Å²) in [6.45, 7) is -0.329. The second-order valence-corrected chi connectivity index (χ2v) is 20.9. The lowest BCUT2D eigenvalue weighted by Crippen LogP contribution is -2.74. The molecule has 0 amide bonds. The molecule has 5 heteroatoms. The molecule has 3 nitrogen and oxygen atoms in total. The van der Waals surface area contributed by atoms with Gasteiger partial charge in [-0.1, -0.05) is 200 Å². The van der Waals surface area contributed by atoms with Crippen molar-refractivity contribution >= 4 is 68.5 Å². The van der Waals surface area contributed by atoms with Crippen LogP contribution in [0.25, 0.3) is 60.9 Å². The largest absolute Gasteiger partial charge is 0.551 e. The van der Waals surface area contributed by atoms with Crippen LogP contribution in [0.15, 0.2) is 243 Å². The molecule has 65 heavy (non-hydrogen) atoms. The molecule has 0 bridgehead atoms. The van der Waals surface area contributed by atoms with E-state index in [0.717, 1.165) is 67.2 Å². The number of nitrogens with zero attached hydrogens (tertiary/aromatic N) is 1. The Hall–Kier alpha value is -8.12. The first-order valence-electron chi connectivity index (χ1n) is 22.3. The molecule has 0 fully saturated rings. The number of ether oxygens (including phenoxy) is 1. The van der Waals surface area contributed by atoms with Gasteiger partial charge in [0.1, 0.15) is 17.2 Å². The van der Waals surface area contributed by atoms with E-state index in [1.54, 1.807) is 0 Å². The summed E-state index contributed by atoms with van der Waals surface area (Å²) in [5.74, 6) is 2.53. The monoisotopic (exact) mass is 845 g/mol. The van der Waals surface area contributed by atoms with Crippen LogP contribution >= 0.6 is 0 Å². The van der Waals surface area contributed by atoms with Crippen LogP contribution in [0.3, 0.4) is 0 Å². The van der Waals surface area contributed by atoms with Gasteiger partial charge < -0.3 is 14.0 Å². The summed E-state index contributed by atoms with van der Waals surface area (Å²) in [4.78, 5) is 0. The minimum Gasteiger partial charge on any atom is -0.551 e. The first-order valence-corrected chi connectivity index (χ1v) is 24.3. The maximum absolute atomic E-state index is 7.20. The Morgan fingerprint density at radius 3 is 1.55 bits per heavy atom. The lowest BCUT2D eigenvalue weighted by Gasteiger charge is -2.35. The van der Waals surface area contributed by atoms with Gasteiger partial charge in [0.2, 0.25) is 0 Å². The van der Waals surface area contributed by atoms with Crippen molar-refractivity contribution in [2.75, 3.05) is 0 Å². The van der Waals surface area contributed by atoms with Gasteiger partial charge in [-0.25, -0.2) is 0 Å². The Morgan fingerprint density at radius 1 is 0.354 bits per heavy atom. The Kier molecular flexibility index (Phi) is 8.65. The molecule has 2 aliphatic heterocycles. The standard InChI is InChI=1S/C60H40BNO2Si/c1-4-17-46(18-5-1)65(47-19-6-2-7-20-47,48-21-8-3-9-22-48)49-23-14-16-42(38-49)44-32-36-52-53-26-15-29-58-60(53)61(64-59(52)40-44)54-39-43(33-37-57(54)63-58)41-30-34-45(35-31-41)62-55-27-12-10-24-50(55)51-25-11-13-28-56(51)62/h1-40H. The highest BCUT2D eigenvalue weighted by molar-refractivity contribution is 7.19. The van der Waals surface area contributed by atoms with Gasteiger partial charge in [-0.2, -0.15) is 0 Å². The second-order valence-electron chi connectivity index (χ2n) is 17.1. The topological polar surface area (TPSA) is 23.4 Å². The van der Waals surface area contributed by atoms with E-state index in [2.05, 4.69) is 247 Å². The predicted octanol–water partition coefficient (Wildman–Crippen LogP) is 10.8. The molecule has 0 atom stereocenters. The maximum Gasteiger partial charge on any atom is 0.434 e. The van der Waals surface area contributed by atoms with Crippen LogP contribution in [0.4, 0.5) is 0 Å². The van der Waals surface area contributed by atoms with Gasteiger partial charge in [0.15, 0.2) is 8.07 Å². The lowest BCUT2D eigenvalue weighted by molar-refractivity contribution is 0.479. The van der Waals surface area contributed by atoms with Gasteiger partial charge in [-0.05, 0) is 91.0 Å². The van der Waals surface area contributed by atoms with Crippen LogP contribution < -0.4 is 41.1 Å². The van der Waals surface area contributed by atoms with E-state index < -0.39 is 8.07 Å². The van der Waals surface area contributed by atoms with Crippen molar-refractivity contribution in [3.05, 3.63) is 243 Å². The zero-order chi connectivity index (χ0) is 42.9. The number of fused-ring (bicyclic) bond motifs is 7. The molecule has 304 valence electrons. The molecule has 0 saturated heterocycles. The molecule has 13 rings (SSSR count). The summed E-state index contributed by atoms with van der Waals surface area (Å²) in [5.41, 5.74) is 12.4. The van der Waals surface area contributed by atoms with Crippen molar-refractivity contribution in [1.29, 1.82) is 0 Å². The molecular weight excluding hydrogens is 806 g/mol. The van der Waals surface area contributed by atoms with E-state index in [4.69, 9.17) is 9.39 Å². The van der Waals surface area contributed by atoms with Crippen LogP contribution in [-0.4, -0.2) is 19.6 Å². The van der Waals surface area contributed by atoms with E-state index in [1.165, 1.54) is 42.6 Å². The van der Waals surface area contributed by atoms with Gasteiger partial charge >= 0.3 is 6.92 Å². The molecule has 0 aliphatic carbocycles. The van der Waals surface area contributed by atoms with Crippen LogP contribution in [-0.2, 0) is 0 Å². The number of aromatic nitrogens is 1. The number of rotatable bonds is 7. The molecule has 3 heterocycles. The minimum absolute atomic E-state index is 0.329. The van der Waals surface area contributed by atoms with Crippen molar-refractivity contribution in [3.63, 3.8) is 0 Å². The van der Waals surface area contributed by atoms with Crippen molar-refractivity contribution < 1.29 is 9.39 Å². The fraction of sp³-hybridized carbons (Fsp3) is 0. The Bertz CT molecular complexity index is 3460. The van der Waals surface area contributed by atoms with E-state index in [9.17, 15) is 0 Å². The average molecular weight is 846 g/mol. The van der Waals surface area contributed by atoms with E-state index in [1.807, 2.05) is 0 Å². The van der Waals surface area contributed by atoms with Crippen molar-refractivity contribution in [1.82, 2.24) is 4.57 Å². The maximum atomic E-state index is 7.20. The zero-order valence-corrected chi connectivity index (χ0v) is 36.4. The second kappa shape index (κ2) is 15.0. The molecular formula is C60H40BNO2Si. The number of hydrogen-bond donors (Lipinski definition) is 0. The molecule has 0 unspecified atom stereocenters. The summed E-state index contributed by atoms with van der Waals surface area (Å²) in [5, 5.41) is 7.91. The highest BCUT2D eigenvalue weighted by Crippen LogP contribution is 2.41. The average Bonchev–Trinajstić information content (AvgIpc) is 3.72. The number of benzene rings is 10. The smallest absolute Gasteiger partial charge is 0.434 e. The summed E-state index contributed by atoms with van der Waals surface area (Å²) in [7, 11) is -2.71. The van der Waals surface area contributed by atoms with E-state index in [-0.39, 0.29) is 6.92 Å². The fourth-order valence-corrected chi connectivity index (χ4v) is 15.5. The van der Waals surface area contributed by atoms with Crippen LogP contribution in [0.5, 0.6) is 17.2 Å². The van der Waals surface area contributed by atoms with Gasteiger partial charge in [-0.15, -0.1) is 0 Å². The van der Waals surface area contributed by atoms with Crippen molar-refractivity contribution in [2.45, 2.75) is 0 Å². The Labute approximate surface area is 379 Å². The van der Waals surface area contributed by atoms with Crippen LogP contribution in [0, 0.1) is 0 Å². The predicted molar refractivity (Wildman–Crippen MR) is 273 cm³/mol. The first kappa shape index (κ1) is 37.4. The SMILES string of the molecule is c1ccc([Si](c2ccccc2)(c2ccccc2)c2cccc(-c3ccc4c(c3)OB3c5cc(-c6ccc(-n7c8ccccc8c8ccccc87)cc6)ccc5Oc5cccc-4c53)c2)cc1. The van der Waals surface area contributed by atoms with Gasteiger partial charge in [0.05, 0.1) is 11.0 Å². The summed E-state index contributed by atoms with van der Waals surface area (Å²) >= 11 is 0. The molecule has 0 radical (unpaired) electrons. The molecule has 11 aromatic rings. The van der Waals surface area contributed by atoms with E-state index in [0.29, 0.717) is 0 Å². The zero-order valence-electron chi connectivity index (χ0n) is 35.4. The third kappa shape index (κ3) is 5.90. The number of para-hydroxylation sites is 2. The van der Waals surface area contributed by atoms with Crippen LogP contribution in [0.2, 0.25) is 0 Å². The summed E-state index contributed by atoms with van der Waals surface area (Å²) in [6.07, 6.45) is 0. The molecule has 2 aliphatic rings. The normalized spacial score (nSPS) is 12.5. The van der Waals surface area contributed by atoms with Crippen molar-refractivity contribution in [2.24, 2.45) is 0 Å². The summed E-state index contributed by atoms with van der Waals surface area (Å²) < 4.78 is 16.2. The third-order valence-electron chi connectivity index (χ3n) is 13.6. The van der Waals surface area contributed by atoms with Gasteiger partial charge in [0, 0.05) is 32.9 Å². The van der Waals surface area contributed by atoms with Crippen LogP contribution in [0.1, 0.15) is 0 Å². The highest BCUT2D eigenvalue weighted by Gasteiger charge is 2.43. The number of hydrogen-bond acceptors (Lipinski definition) is 2. The minimum atomic E-state index is -2.71. The Balaban J connectivity index is 0.887. The van der Waals surface area contributed by atoms with Crippen molar-refractivity contribution in [3.8, 4) is 56.3 Å². The Morgan fingerprint density at radius 2 is 0.892 bits per heavy atom. The molecule has 0 saturated carbocycles. The lowest BCUT2D eigenvalue weighted by atomic mass is 9.50. The summed E-state index contributed by atoms with van der Waals surface area (Å²) in [6, 6.07) is 88.4. The highest BCUT2D eigenvalue weighted by atomic mass is 28.3. The molecule has 1 aromatic heterocycles. The molecule has 0 N–H and O–H groups in total. The van der Waals surface area contributed by atoms with E-state index >= 15 is 0 Å². The first-order chi connectivity index (χ1) is 32.2. The fourth-order valence-electron chi connectivity index (χ4n) is 10.7. The molecule has 10 aromatic carbocycles. The van der Waals surface area contributed by atoms with Gasteiger partial charge in [-0.3, -0.25) is 0 Å². The third-order valence-corrected chi connectivity index (χ3v) is 18.4. The quantitative estimate of drug-likeness (QED) is 0.118. The molecule has 0 spiro atoms.